The van der Waals surface area contributed by atoms with E-state index in [-0.39, 0.29) is 17.7 Å². The molecule has 0 spiro atoms. The third kappa shape index (κ3) is 5.29. The first-order chi connectivity index (χ1) is 17.3. The normalized spacial score (nSPS) is 17.9. The number of aromatic nitrogens is 2. The number of imidazole rings is 1. The number of para-hydroxylation sites is 1. The van der Waals surface area contributed by atoms with Crippen LogP contribution in [-0.4, -0.2) is 28.6 Å². The first-order valence-electron chi connectivity index (χ1n) is 12.2. The predicted molar refractivity (Wildman–Crippen MR) is 136 cm³/mol. The van der Waals surface area contributed by atoms with Crippen molar-refractivity contribution < 1.29 is 22.3 Å². The summed E-state index contributed by atoms with van der Waals surface area (Å²) >= 11 is 0. The fourth-order valence-electron chi connectivity index (χ4n) is 4.52. The van der Waals surface area contributed by atoms with Gasteiger partial charge in [-0.05, 0) is 49.9 Å². The molecule has 1 aliphatic rings. The molecule has 5 rings (SSSR count). The Bertz CT molecular complexity index is 1330. The van der Waals surface area contributed by atoms with Gasteiger partial charge in [-0.25, -0.2) is 4.98 Å². The number of anilines is 1. The minimum absolute atomic E-state index is 0.157. The van der Waals surface area contributed by atoms with Gasteiger partial charge in [-0.1, -0.05) is 38.6 Å². The summed E-state index contributed by atoms with van der Waals surface area (Å²) in [4.78, 5) is 3.70. The molecule has 9 heteroatoms. The van der Waals surface area contributed by atoms with Gasteiger partial charge in [0, 0.05) is 23.7 Å². The lowest BCUT2D eigenvalue weighted by molar-refractivity contribution is -0.140. The van der Waals surface area contributed by atoms with Gasteiger partial charge < -0.3 is 19.8 Å². The number of nitrogens with one attached hydrogen (secondary N) is 2. The van der Waals surface area contributed by atoms with Gasteiger partial charge in [-0.2, -0.15) is 13.2 Å². The summed E-state index contributed by atoms with van der Waals surface area (Å²) in [5.41, 5.74) is 0.790. The van der Waals surface area contributed by atoms with Gasteiger partial charge in [0.25, 0.3) is 0 Å². The lowest BCUT2D eigenvalue weighted by Gasteiger charge is -2.31. The van der Waals surface area contributed by atoms with E-state index in [9.17, 15) is 13.2 Å². The first-order valence-corrected chi connectivity index (χ1v) is 12.2. The Morgan fingerprint density at radius 2 is 1.78 bits per heavy atom. The molecule has 1 aromatic carbocycles. The molecular formula is C27H31F3N4O2. The van der Waals surface area contributed by atoms with Crippen molar-refractivity contribution in [2.45, 2.75) is 57.8 Å². The van der Waals surface area contributed by atoms with E-state index in [0.717, 1.165) is 43.0 Å². The zero-order valence-electron chi connectivity index (χ0n) is 20.7. The third-order valence-corrected chi connectivity index (χ3v) is 6.27. The fraction of sp³-hybridized carbons (Fsp3) is 0.370. The van der Waals surface area contributed by atoms with Crippen LogP contribution in [0.5, 0.6) is 5.75 Å². The van der Waals surface area contributed by atoms with E-state index in [4.69, 9.17) is 9.15 Å². The highest BCUT2D eigenvalue weighted by Gasteiger charge is 2.34. The zero-order chi connectivity index (χ0) is 25.9. The number of fused-ring (bicyclic) bond motifs is 2. The van der Waals surface area contributed by atoms with Crippen molar-refractivity contribution in [3.63, 3.8) is 0 Å². The quantitative estimate of drug-likeness (QED) is 0.295. The standard InChI is InChI=1S/C25H25F3N4O2.C2H6/c1-15(20-13-16-5-3-6-19(33-2)24(16)34-20)29-17-9-11-18(12-10-17)30-22-7-4-8-23-31-21(14-32(22)23)25(26,27)28;1-2/h3-8,13-14,17-18,29-30H,1,9-12H2,2H3;1-2H3. The number of nitrogens with zero attached hydrogens (tertiary/aromatic N) is 2. The van der Waals surface area contributed by atoms with Gasteiger partial charge in [-0.15, -0.1) is 0 Å². The number of hydrogen-bond acceptors (Lipinski definition) is 5. The maximum Gasteiger partial charge on any atom is 0.434 e. The summed E-state index contributed by atoms with van der Waals surface area (Å²) in [6.45, 7) is 8.15. The Labute approximate surface area is 208 Å². The average Bonchev–Trinajstić information content (AvgIpc) is 3.52. The second-order valence-corrected chi connectivity index (χ2v) is 8.57. The number of pyridine rings is 1. The van der Waals surface area contributed by atoms with Gasteiger partial charge in [0.1, 0.15) is 11.5 Å². The second kappa shape index (κ2) is 10.6. The molecule has 4 aromatic rings. The summed E-state index contributed by atoms with van der Waals surface area (Å²) in [7, 11) is 1.61. The minimum atomic E-state index is -4.47. The zero-order valence-corrected chi connectivity index (χ0v) is 20.7. The van der Waals surface area contributed by atoms with Gasteiger partial charge >= 0.3 is 6.18 Å². The number of halogens is 3. The first kappa shape index (κ1) is 25.5. The smallest absolute Gasteiger partial charge is 0.434 e. The number of ether oxygens (including phenoxy) is 1. The van der Waals surface area contributed by atoms with Gasteiger partial charge in [0.05, 0.1) is 12.8 Å². The molecular weight excluding hydrogens is 469 g/mol. The topological polar surface area (TPSA) is 63.7 Å². The molecule has 0 atom stereocenters. The number of benzene rings is 1. The Morgan fingerprint density at radius 1 is 1.08 bits per heavy atom. The van der Waals surface area contributed by atoms with Gasteiger partial charge in [-0.3, -0.25) is 4.40 Å². The molecule has 0 radical (unpaired) electrons. The SMILES string of the molecule is C=C(NC1CCC(Nc2cccc3nc(C(F)(F)F)cn23)CC1)c1cc2cccc(OC)c2o1.CC. The van der Waals surface area contributed by atoms with E-state index in [0.29, 0.717) is 22.9 Å². The third-order valence-electron chi connectivity index (χ3n) is 6.27. The summed E-state index contributed by atoms with van der Waals surface area (Å²) < 4.78 is 52.0. The van der Waals surface area contributed by atoms with Crippen LogP contribution < -0.4 is 15.4 Å². The van der Waals surface area contributed by atoms with E-state index in [1.807, 2.05) is 38.1 Å². The fourth-order valence-corrected chi connectivity index (χ4v) is 4.52. The predicted octanol–water partition coefficient (Wildman–Crippen LogP) is 7.12. The Balaban J connectivity index is 0.00000148. The summed E-state index contributed by atoms with van der Waals surface area (Å²) in [6.07, 6.45) is 0.103. The number of furan rings is 1. The molecule has 1 aliphatic carbocycles. The molecule has 2 N–H and O–H groups in total. The summed E-state index contributed by atoms with van der Waals surface area (Å²) in [5, 5.41) is 7.82. The Morgan fingerprint density at radius 3 is 2.47 bits per heavy atom. The van der Waals surface area contributed by atoms with Crippen LogP contribution in [0.3, 0.4) is 0 Å². The van der Waals surface area contributed by atoms with Crippen molar-refractivity contribution in [1.82, 2.24) is 14.7 Å². The molecule has 192 valence electrons. The van der Waals surface area contributed by atoms with E-state index in [2.05, 4.69) is 22.2 Å². The maximum atomic E-state index is 13.1. The van der Waals surface area contributed by atoms with Crippen LogP contribution in [0.4, 0.5) is 19.0 Å². The number of rotatable bonds is 6. The molecule has 0 saturated heterocycles. The van der Waals surface area contributed by atoms with Crippen molar-refractivity contribution >= 4 is 28.1 Å². The van der Waals surface area contributed by atoms with E-state index < -0.39 is 11.9 Å². The second-order valence-electron chi connectivity index (χ2n) is 8.57. The van der Waals surface area contributed by atoms with Crippen molar-refractivity contribution in [1.29, 1.82) is 0 Å². The molecule has 0 aliphatic heterocycles. The average molecular weight is 501 g/mol. The van der Waals surface area contributed by atoms with Gasteiger partial charge in [0.15, 0.2) is 22.8 Å². The number of alkyl halides is 3. The molecule has 0 bridgehead atoms. The lowest BCUT2D eigenvalue weighted by Crippen LogP contribution is -2.36. The molecule has 0 amide bonds. The highest BCUT2D eigenvalue weighted by molar-refractivity contribution is 5.86. The maximum absolute atomic E-state index is 13.1. The van der Waals surface area contributed by atoms with Crippen LogP contribution in [0.1, 0.15) is 51.0 Å². The van der Waals surface area contributed by atoms with Crippen LogP contribution in [0.2, 0.25) is 0 Å². The highest BCUT2D eigenvalue weighted by Crippen LogP contribution is 2.32. The lowest BCUT2D eigenvalue weighted by atomic mass is 9.91. The van der Waals surface area contributed by atoms with E-state index in [1.165, 1.54) is 4.40 Å². The van der Waals surface area contributed by atoms with E-state index in [1.54, 1.807) is 25.3 Å². The van der Waals surface area contributed by atoms with Crippen molar-refractivity contribution in [3.05, 3.63) is 66.7 Å². The van der Waals surface area contributed by atoms with Crippen LogP contribution in [0.15, 0.2) is 59.7 Å². The van der Waals surface area contributed by atoms with Crippen molar-refractivity contribution in [2.24, 2.45) is 0 Å². The monoisotopic (exact) mass is 500 g/mol. The summed E-state index contributed by atoms with van der Waals surface area (Å²) in [5.74, 6) is 1.96. The highest BCUT2D eigenvalue weighted by atomic mass is 19.4. The molecule has 1 fully saturated rings. The number of methoxy groups -OCH3 is 1. The van der Waals surface area contributed by atoms with Crippen LogP contribution >= 0.6 is 0 Å². The Kier molecular flexibility index (Phi) is 7.47. The number of hydrogen-bond donors (Lipinski definition) is 2. The van der Waals surface area contributed by atoms with Crippen LogP contribution in [0.25, 0.3) is 22.3 Å². The van der Waals surface area contributed by atoms with Crippen molar-refractivity contribution in [3.8, 4) is 5.75 Å². The molecule has 1 saturated carbocycles. The molecule has 0 unspecified atom stereocenters. The summed E-state index contributed by atoms with van der Waals surface area (Å²) in [6, 6.07) is 13.1. The molecule has 3 aromatic heterocycles. The van der Waals surface area contributed by atoms with Crippen molar-refractivity contribution in [2.75, 3.05) is 12.4 Å². The van der Waals surface area contributed by atoms with Crippen LogP contribution in [0, 0.1) is 0 Å². The molecule has 6 nitrogen and oxygen atoms in total. The van der Waals surface area contributed by atoms with E-state index >= 15 is 0 Å². The largest absolute Gasteiger partial charge is 0.493 e. The van der Waals surface area contributed by atoms with Crippen LogP contribution in [-0.2, 0) is 6.18 Å². The Hall–Kier alpha value is -3.62. The minimum Gasteiger partial charge on any atom is -0.493 e. The molecule has 3 heterocycles. The van der Waals surface area contributed by atoms with Gasteiger partial charge in [0.2, 0.25) is 0 Å². The molecule has 36 heavy (non-hydrogen) atoms.